The average molecular weight is 203 g/mol. The molecular formula is C11H25NO2. The number of hydrogen-bond donors (Lipinski definition) is 1. The first-order chi connectivity index (χ1) is 6.55. The molecule has 0 spiro atoms. The van der Waals surface area contributed by atoms with E-state index < -0.39 is 0 Å². The molecular weight excluding hydrogens is 178 g/mol. The monoisotopic (exact) mass is 203 g/mol. The van der Waals surface area contributed by atoms with Crippen molar-refractivity contribution < 1.29 is 9.47 Å². The molecule has 86 valence electrons. The van der Waals surface area contributed by atoms with Gasteiger partial charge in [-0.25, -0.2) is 0 Å². The second-order valence-corrected chi connectivity index (χ2v) is 4.12. The van der Waals surface area contributed by atoms with Gasteiger partial charge in [0.1, 0.15) is 0 Å². The Bertz CT molecular complexity index is 137. The predicted molar refractivity (Wildman–Crippen MR) is 59.7 cm³/mol. The Labute approximate surface area is 88.2 Å². The molecule has 0 radical (unpaired) electrons. The van der Waals surface area contributed by atoms with Gasteiger partial charge in [-0.15, -0.1) is 0 Å². The second kappa shape index (κ2) is 7.21. The maximum Gasteiger partial charge on any atom is 0.0939 e. The van der Waals surface area contributed by atoms with Crippen molar-refractivity contribution in [3.05, 3.63) is 0 Å². The fraction of sp³-hybridized carbons (Fsp3) is 1.00. The van der Waals surface area contributed by atoms with E-state index in [2.05, 4.69) is 33.0 Å². The molecule has 0 fully saturated rings. The molecule has 0 aliphatic carbocycles. The second-order valence-electron chi connectivity index (χ2n) is 4.12. The Morgan fingerprint density at radius 1 is 1.29 bits per heavy atom. The minimum Gasteiger partial charge on any atom is -0.382 e. The highest BCUT2D eigenvalue weighted by Gasteiger charge is 2.21. The summed E-state index contributed by atoms with van der Waals surface area (Å²) in [5, 5.41) is 3.27. The Morgan fingerprint density at radius 2 is 1.93 bits per heavy atom. The molecule has 0 aromatic rings. The molecule has 0 saturated heterocycles. The van der Waals surface area contributed by atoms with Crippen LogP contribution in [0.4, 0.5) is 0 Å². The Morgan fingerprint density at radius 3 is 2.36 bits per heavy atom. The van der Waals surface area contributed by atoms with Crippen molar-refractivity contribution in [2.45, 2.75) is 45.8 Å². The molecule has 1 unspecified atom stereocenters. The van der Waals surface area contributed by atoms with E-state index in [-0.39, 0.29) is 11.7 Å². The molecule has 0 heterocycles. The van der Waals surface area contributed by atoms with Gasteiger partial charge in [0.05, 0.1) is 18.3 Å². The Hall–Kier alpha value is -0.120. The molecule has 3 heteroatoms. The quantitative estimate of drug-likeness (QED) is 0.652. The molecule has 14 heavy (non-hydrogen) atoms. The summed E-state index contributed by atoms with van der Waals surface area (Å²) in [6, 6.07) is 0. The van der Waals surface area contributed by atoms with Crippen molar-refractivity contribution in [3.8, 4) is 0 Å². The van der Waals surface area contributed by atoms with Crippen molar-refractivity contribution >= 4 is 0 Å². The van der Waals surface area contributed by atoms with E-state index in [1.165, 1.54) is 0 Å². The third-order valence-electron chi connectivity index (χ3n) is 2.31. The van der Waals surface area contributed by atoms with Crippen LogP contribution in [0.2, 0.25) is 0 Å². The van der Waals surface area contributed by atoms with Crippen LogP contribution < -0.4 is 5.32 Å². The smallest absolute Gasteiger partial charge is 0.0939 e. The summed E-state index contributed by atoms with van der Waals surface area (Å²) in [5.41, 5.74) is -0.0569. The zero-order valence-electron chi connectivity index (χ0n) is 10.2. The van der Waals surface area contributed by atoms with Gasteiger partial charge in [-0.1, -0.05) is 13.8 Å². The summed E-state index contributed by atoms with van der Waals surface area (Å²) in [6.07, 6.45) is 1.16. The molecule has 0 aromatic carbocycles. The molecule has 0 bridgehead atoms. The number of nitrogens with one attached hydrogen (secondary N) is 1. The maximum atomic E-state index is 5.94. The number of rotatable bonds is 8. The average Bonchev–Trinajstić information content (AvgIpc) is 2.14. The normalized spacial score (nSPS) is 14.4. The summed E-state index contributed by atoms with van der Waals surface area (Å²) < 4.78 is 11.1. The third kappa shape index (κ3) is 6.35. The summed E-state index contributed by atoms with van der Waals surface area (Å²) in [4.78, 5) is 0. The topological polar surface area (TPSA) is 30.5 Å². The van der Waals surface area contributed by atoms with Crippen LogP contribution in [0.25, 0.3) is 0 Å². The minimum absolute atomic E-state index is 0.0569. The van der Waals surface area contributed by atoms with Gasteiger partial charge in [0.15, 0.2) is 0 Å². The van der Waals surface area contributed by atoms with E-state index in [1.54, 1.807) is 7.11 Å². The minimum atomic E-state index is -0.0569. The summed E-state index contributed by atoms with van der Waals surface area (Å²) in [5.74, 6) is 0. The van der Waals surface area contributed by atoms with E-state index in [0.29, 0.717) is 6.61 Å². The van der Waals surface area contributed by atoms with E-state index in [4.69, 9.17) is 9.47 Å². The lowest BCUT2D eigenvalue weighted by Gasteiger charge is -2.29. The van der Waals surface area contributed by atoms with Crippen molar-refractivity contribution in [3.63, 3.8) is 0 Å². The molecule has 3 nitrogen and oxygen atoms in total. The molecule has 0 aromatic heterocycles. The largest absolute Gasteiger partial charge is 0.382 e. The Balaban J connectivity index is 3.94. The van der Waals surface area contributed by atoms with Crippen LogP contribution in [0.15, 0.2) is 0 Å². The fourth-order valence-corrected chi connectivity index (χ4v) is 1.16. The summed E-state index contributed by atoms with van der Waals surface area (Å²) in [7, 11) is 1.71. The molecule has 0 rings (SSSR count). The Kier molecular flexibility index (Phi) is 7.15. The van der Waals surface area contributed by atoms with Gasteiger partial charge in [0.2, 0.25) is 0 Å². The highest BCUT2D eigenvalue weighted by atomic mass is 16.5. The molecule has 0 aliphatic heterocycles. The van der Waals surface area contributed by atoms with Crippen LogP contribution in [0.3, 0.4) is 0 Å². The van der Waals surface area contributed by atoms with E-state index in [0.717, 1.165) is 19.5 Å². The lowest BCUT2D eigenvalue weighted by molar-refractivity contribution is -0.0955. The lowest BCUT2D eigenvalue weighted by atomic mass is 10.1. The summed E-state index contributed by atoms with van der Waals surface area (Å²) >= 11 is 0. The van der Waals surface area contributed by atoms with Gasteiger partial charge in [0, 0.05) is 13.7 Å². The van der Waals surface area contributed by atoms with E-state index >= 15 is 0 Å². The lowest BCUT2D eigenvalue weighted by Crippen LogP contribution is -2.39. The highest BCUT2D eigenvalue weighted by Crippen LogP contribution is 2.16. The fourth-order valence-electron chi connectivity index (χ4n) is 1.16. The molecule has 1 N–H and O–H groups in total. The first-order valence-corrected chi connectivity index (χ1v) is 5.43. The van der Waals surface area contributed by atoms with Crippen LogP contribution >= 0.6 is 0 Å². The van der Waals surface area contributed by atoms with Crippen molar-refractivity contribution in [1.29, 1.82) is 0 Å². The van der Waals surface area contributed by atoms with Crippen LogP contribution in [0.5, 0.6) is 0 Å². The summed E-state index contributed by atoms with van der Waals surface area (Å²) in [6.45, 7) is 10.9. The standard InChI is InChI=1S/C11H25NO2/c1-6-11(3,4)14-10(9-13-5)8-12-7-2/h10,12H,6-9H2,1-5H3. The number of hydrogen-bond acceptors (Lipinski definition) is 3. The van der Waals surface area contributed by atoms with Gasteiger partial charge in [0.25, 0.3) is 0 Å². The van der Waals surface area contributed by atoms with Crippen LogP contribution in [0.1, 0.15) is 34.1 Å². The van der Waals surface area contributed by atoms with E-state index in [1.807, 2.05) is 0 Å². The van der Waals surface area contributed by atoms with Crippen molar-refractivity contribution in [2.24, 2.45) is 0 Å². The SMILES string of the molecule is CCNCC(COC)OC(C)(C)CC. The van der Waals surface area contributed by atoms with Crippen molar-refractivity contribution in [2.75, 3.05) is 26.8 Å². The molecule has 1 atom stereocenters. The molecule has 0 amide bonds. The number of methoxy groups -OCH3 is 1. The van der Waals surface area contributed by atoms with Gasteiger partial charge < -0.3 is 14.8 Å². The first kappa shape index (κ1) is 13.9. The molecule has 0 aliphatic rings. The molecule has 0 saturated carbocycles. The van der Waals surface area contributed by atoms with Crippen LogP contribution in [0, 0.1) is 0 Å². The predicted octanol–water partition coefficient (Wildman–Crippen LogP) is 1.82. The van der Waals surface area contributed by atoms with Gasteiger partial charge >= 0.3 is 0 Å². The first-order valence-electron chi connectivity index (χ1n) is 5.43. The highest BCUT2D eigenvalue weighted by molar-refractivity contribution is 4.71. The van der Waals surface area contributed by atoms with Gasteiger partial charge in [-0.2, -0.15) is 0 Å². The number of likely N-dealkylation sites (N-methyl/N-ethyl adjacent to an activating group) is 1. The van der Waals surface area contributed by atoms with E-state index in [9.17, 15) is 0 Å². The zero-order chi connectivity index (χ0) is 11.0. The zero-order valence-corrected chi connectivity index (χ0v) is 10.2. The van der Waals surface area contributed by atoms with Gasteiger partial charge in [-0.3, -0.25) is 0 Å². The third-order valence-corrected chi connectivity index (χ3v) is 2.31. The van der Waals surface area contributed by atoms with Crippen LogP contribution in [-0.2, 0) is 9.47 Å². The maximum absolute atomic E-state index is 5.94. The van der Waals surface area contributed by atoms with Crippen molar-refractivity contribution in [1.82, 2.24) is 5.32 Å². The van der Waals surface area contributed by atoms with Gasteiger partial charge in [-0.05, 0) is 26.8 Å². The van der Waals surface area contributed by atoms with Crippen LogP contribution in [-0.4, -0.2) is 38.5 Å². The number of ether oxygens (including phenoxy) is 2.